The Balaban J connectivity index is 2.16. The maximum absolute atomic E-state index is 12.2. The number of carbonyl (C=O) groups excluding carboxylic acids is 2. The Morgan fingerprint density at radius 1 is 1.56 bits per heavy atom. The highest BCUT2D eigenvalue weighted by Crippen LogP contribution is 2.27. The first-order valence-corrected chi connectivity index (χ1v) is 5.79. The number of methoxy groups -OCH3 is 1. The average molecular weight is 248 g/mol. The molecule has 5 nitrogen and oxygen atoms in total. The van der Waals surface area contributed by atoms with E-state index in [1.54, 1.807) is 17.0 Å². The number of rotatable bonds is 3. The predicted molar refractivity (Wildman–Crippen MR) is 66.8 cm³/mol. The molecule has 0 fully saturated rings. The Labute approximate surface area is 106 Å². The van der Waals surface area contributed by atoms with Crippen LogP contribution in [0.15, 0.2) is 18.2 Å². The van der Waals surface area contributed by atoms with Gasteiger partial charge in [-0.25, -0.2) is 0 Å². The van der Waals surface area contributed by atoms with Crippen LogP contribution >= 0.6 is 0 Å². The number of ether oxygens (including phenoxy) is 1. The van der Waals surface area contributed by atoms with E-state index >= 15 is 0 Å². The number of nitrogens with zero attached hydrogens (tertiary/aromatic N) is 1. The second-order valence-electron chi connectivity index (χ2n) is 4.48. The Bertz CT molecular complexity index is 499. The van der Waals surface area contributed by atoms with Crippen molar-refractivity contribution in [2.75, 3.05) is 12.8 Å². The van der Waals surface area contributed by atoms with Crippen LogP contribution in [0.1, 0.15) is 29.3 Å². The van der Waals surface area contributed by atoms with Gasteiger partial charge in [0.2, 0.25) is 0 Å². The van der Waals surface area contributed by atoms with E-state index in [1.807, 2.05) is 13.0 Å². The zero-order valence-corrected chi connectivity index (χ0v) is 10.5. The molecule has 0 saturated carbocycles. The first-order valence-electron chi connectivity index (χ1n) is 5.79. The quantitative estimate of drug-likeness (QED) is 0.644. The molecule has 1 aliphatic heterocycles. The zero-order chi connectivity index (χ0) is 13.3. The van der Waals surface area contributed by atoms with Gasteiger partial charge in [-0.3, -0.25) is 9.59 Å². The number of esters is 1. The van der Waals surface area contributed by atoms with Crippen molar-refractivity contribution in [1.82, 2.24) is 4.90 Å². The van der Waals surface area contributed by atoms with Crippen LogP contribution < -0.4 is 5.73 Å². The Hall–Kier alpha value is -2.04. The van der Waals surface area contributed by atoms with Crippen LogP contribution in [0.5, 0.6) is 0 Å². The van der Waals surface area contributed by atoms with E-state index in [0.29, 0.717) is 17.8 Å². The summed E-state index contributed by atoms with van der Waals surface area (Å²) in [4.78, 5) is 25.1. The number of nitrogen functional groups attached to an aromatic ring is 1. The molecule has 0 saturated heterocycles. The van der Waals surface area contributed by atoms with Gasteiger partial charge in [0.15, 0.2) is 0 Å². The minimum absolute atomic E-state index is 0.0753. The largest absolute Gasteiger partial charge is 0.469 e. The minimum Gasteiger partial charge on any atom is -0.469 e. The third kappa shape index (κ3) is 2.16. The maximum atomic E-state index is 12.2. The van der Waals surface area contributed by atoms with Crippen molar-refractivity contribution >= 4 is 17.6 Å². The molecule has 1 heterocycles. The van der Waals surface area contributed by atoms with Crippen molar-refractivity contribution in [3.05, 3.63) is 29.3 Å². The lowest BCUT2D eigenvalue weighted by molar-refractivity contribution is -0.141. The fourth-order valence-corrected chi connectivity index (χ4v) is 2.13. The number of fused-ring (bicyclic) bond motifs is 1. The number of hydrogen-bond acceptors (Lipinski definition) is 4. The van der Waals surface area contributed by atoms with Crippen LogP contribution in [0.2, 0.25) is 0 Å². The average Bonchev–Trinajstić information content (AvgIpc) is 2.66. The molecule has 18 heavy (non-hydrogen) atoms. The van der Waals surface area contributed by atoms with E-state index in [-0.39, 0.29) is 24.3 Å². The van der Waals surface area contributed by atoms with E-state index < -0.39 is 0 Å². The molecular formula is C13H16N2O3. The third-order valence-electron chi connectivity index (χ3n) is 3.19. The van der Waals surface area contributed by atoms with E-state index in [9.17, 15) is 9.59 Å². The fraction of sp³-hybridized carbons (Fsp3) is 0.385. The molecule has 1 amide bonds. The normalized spacial score (nSPS) is 15.4. The highest BCUT2D eigenvalue weighted by atomic mass is 16.5. The molecule has 1 aromatic rings. The van der Waals surface area contributed by atoms with Crippen LogP contribution in [-0.4, -0.2) is 29.9 Å². The highest BCUT2D eigenvalue weighted by molar-refractivity contribution is 5.99. The van der Waals surface area contributed by atoms with Crippen LogP contribution in [-0.2, 0) is 16.1 Å². The molecule has 0 radical (unpaired) electrons. The molecule has 0 aromatic heterocycles. The van der Waals surface area contributed by atoms with Gasteiger partial charge in [0, 0.05) is 23.8 Å². The summed E-state index contributed by atoms with van der Waals surface area (Å²) in [6.45, 7) is 2.36. The summed E-state index contributed by atoms with van der Waals surface area (Å²) in [6, 6.07) is 5.13. The molecule has 1 aromatic carbocycles. The third-order valence-corrected chi connectivity index (χ3v) is 3.19. The molecule has 0 aliphatic carbocycles. The van der Waals surface area contributed by atoms with Crippen LogP contribution in [0.4, 0.5) is 5.69 Å². The Morgan fingerprint density at radius 2 is 2.28 bits per heavy atom. The van der Waals surface area contributed by atoms with Gasteiger partial charge in [-0.05, 0) is 24.6 Å². The van der Waals surface area contributed by atoms with Gasteiger partial charge in [-0.1, -0.05) is 6.07 Å². The fourth-order valence-electron chi connectivity index (χ4n) is 2.13. The summed E-state index contributed by atoms with van der Waals surface area (Å²) in [7, 11) is 1.34. The summed E-state index contributed by atoms with van der Waals surface area (Å²) >= 11 is 0. The van der Waals surface area contributed by atoms with Crippen molar-refractivity contribution < 1.29 is 14.3 Å². The van der Waals surface area contributed by atoms with Crippen molar-refractivity contribution in [3.8, 4) is 0 Å². The van der Waals surface area contributed by atoms with Crippen LogP contribution in [0, 0.1) is 0 Å². The van der Waals surface area contributed by atoms with Crippen molar-refractivity contribution in [1.29, 1.82) is 0 Å². The van der Waals surface area contributed by atoms with E-state index in [2.05, 4.69) is 4.74 Å². The van der Waals surface area contributed by atoms with Gasteiger partial charge in [0.25, 0.3) is 5.91 Å². The molecule has 1 atom stereocenters. The molecule has 1 unspecified atom stereocenters. The van der Waals surface area contributed by atoms with E-state index in [1.165, 1.54) is 7.11 Å². The molecule has 0 spiro atoms. The van der Waals surface area contributed by atoms with Gasteiger partial charge in [-0.2, -0.15) is 0 Å². The summed E-state index contributed by atoms with van der Waals surface area (Å²) in [6.07, 6.45) is 0.200. The molecule has 2 rings (SSSR count). The summed E-state index contributed by atoms with van der Waals surface area (Å²) < 4.78 is 4.61. The number of anilines is 1. The lowest BCUT2D eigenvalue weighted by Gasteiger charge is -2.23. The van der Waals surface area contributed by atoms with Gasteiger partial charge in [0.1, 0.15) is 0 Å². The number of amides is 1. The Morgan fingerprint density at radius 3 is 2.94 bits per heavy atom. The molecule has 96 valence electrons. The van der Waals surface area contributed by atoms with Gasteiger partial charge in [0.05, 0.1) is 13.5 Å². The number of benzene rings is 1. The Kier molecular flexibility index (Phi) is 3.23. The molecule has 0 bridgehead atoms. The van der Waals surface area contributed by atoms with Crippen LogP contribution in [0.3, 0.4) is 0 Å². The summed E-state index contributed by atoms with van der Waals surface area (Å²) in [5.74, 6) is -0.389. The lowest BCUT2D eigenvalue weighted by atomic mass is 10.1. The van der Waals surface area contributed by atoms with Crippen molar-refractivity contribution in [3.63, 3.8) is 0 Å². The molecule has 1 aliphatic rings. The monoisotopic (exact) mass is 248 g/mol. The van der Waals surface area contributed by atoms with Gasteiger partial charge < -0.3 is 15.4 Å². The molecular weight excluding hydrogens is 232 g/mol. The second kappa shape index (κ2) is 4.68. The van der Waals surface area contributed by atoms with Crippen molar-refractivity contribution in [2.24, 2.45) is 0 Å². The number of carbonyl (C=O) groups is 2. The molecule has 2 N–H and O–H groups in total. The minimum atomic E-state index is -0.314. The van der Waals surface area contributed by atoms with E-state index in [4.69, 9.17) is 5.73 Å². The molecule has 5 heteroatoms. The summed E-state index contributed by atoms with van der Waals surface area (Å²) in [5, 5.41) is 0. The SMILES string of the molecule is COC(=O)CC(C)N1Cc2ccc(N)cc2C1=O. The standard InChI is InChI=1S/C13H16N2O3/c1-8(5-12(16)18-2)15-7-9-3-4-10(14)6-11(9)13(15)17/h3-4,6,8H,5,7,14H2,1-2H3. The van der Waals surface area contributed by atoms with Crippen LogP contribution in [0.25, 0.3) is 0 Å². The maximum Gasteiger partial charge on any atom is 0.307 e. The van der Waals surface area contributed by atoms with E-state index in [0.717, 1.165) is 5.56 Å². The lowest BCUT2D eigenvalue weighted by Crippen LogP contribution is -2.35. The van der Waals surface area contributed by atoms with Gasteiger partial charge in [-0.15, -0.1) is 0 Å². The topological polar surface area (TPSA) is 72.6 Å². The van der Waals surface area contributed by atoms with Gasteiger partial charge >= 0.3 is 5.97 Å². The first kappa shape index (κ1) is 12.4. The van der Waals surface area contributed by atoms with Crippen molar-refractivity contribution in [2.45, 2.75) is 25.9 Å². The smallest absolute Gasteiger partial charge is 0.307 e. The zero-order valence-electron chi connectivity index (χ0n) is 10.5. The highest BCUT2D eigenvalue weighted by Gasteiger charge is 2.31. The second-order valence-corrected chi connectivity index (χ2v) is 4.48. The predicted octanol–water partition coefficient (Wildman–Crippen LogP) is 1.18. The number of nitrogens with two attached hydrogens (primary N) is 1. The summed E-state index contributed by atoms with van der Waals surface area (Å²) in [5.41, 5.74) is 7.83. The number of hydrogen-bond donors (Lipinski definition) is 1. The first-order chi connectivity index (χ1) is 8.52.